The number of ether oxygens (including phenoxy) is 2. The number of aromatic nitrogens is 2. The first-order valence-electron chi connectivity index (χ1n) is 12.5. The van der Waals surface area contributed by atoms with Gasteiger partial charge in [-0.05, 0) is 45.1 Å². The van der Waals surface area contributed by atoms with E-state index in [1.54, 1.807) is 56.7 Å². The summed E-state index contributed by atoms with van der Waals surface area (Å²) in [5, 5.41) is 11.0. The Morgan fingerprint density at radius 3 is 2.61 bits per heavy atom. The average Bonchev–Trinajstić information content (AvgIpc) is 3.11. The normalized spacial score (nSPS) is 25.5. The highest BCUT2D eigenvalue weighted by atomic mass is 32.1. The molecule has 12 heteroatoms. The van der Waals surface area contributed by atoms with E-state index in [9.17, 15) is 14.5 Å². The van der Waals surface area contributed by atoms with Crippen molar-refractivity contribution >= 4 is 38.0 Å². The van der Waals surface area contributed by atoms with Gasteiger partial charge in [0.1, 0.15) is 22.7 Å². The minimum atomic E-state index is -4.34. The van der Waals surface area contributed by atoms with Crippen molar-refractivity contribution in [1.82, 2.24) is 9.55 Å². The number of rotatable bonds is 10. The van der Waals surface area contributed by atoms with Crippen LogP contribution in [0.5, 0.6) is 5.75 Å². The summed E-state index contributed by atoms with van der Waals surface area (Å²) in [6, 6.07) is 8.10. The van der Waals surface area contributed by atoms with Crippen molar-refractivity contribution < 1.29 is 35.7 Å². The van der Waals surface area contributed by atoms with E-state index in [-0.39, 0.29) is 10.5 Å². The molecule has 6 atom stereocenters. The highest BCUT2D eigenvalue weighted by Gasteiger charge is 2.44. The van der Waals surface area contributed by atoms with Gasteiger partial charge in [-0.3, -0.25) is 13.9 Å². The molecule has 1 aromatic heterocycles. The molecule has 1 aliphatic heterocycles. The third-order valence-corrected chi connectivity index (χ3v) is 8.16. The lowest BCUT2D eigenvalue weighted by Gasteiger charge is -2.24. The number of aryl methyl sites for hydroxylation is 1. The minimum absolute atomic E-state index is 0.163. The molecule has 0 saturated carbocycles. The second kappa shape index (κ2) is 12.1. The van der Waals surface area contributed by atoms with E-state index in [2.05, 4.69) is 4.98 Å². The number of para-hydroxylation sites is 1. The predicted octanol–water partition coefficient (Wildman–Crippen LogP) is 5.35. The lowest BCUT2D eigenvalue weighted by atomic mass is 10.0. The quantitative estimate of drug-likeness (QED) is 0.226. The van der Waals surface area contributed by atoms with Crippen LogP contribution >= 0.6 is 32.0 Å². The summed E-state index contributed by atoms with van der Waals surface area (Å²) < 4.78 is 55.8. The van der Waals surface area contributed by atoms with Crippen LogP contribution in [-0.4, -0.2) is 51.7 Å². The van der Waals surface area contributed by atoms with Gasteiger partial charge >= 0.3 is 13.6 Å². The Balaban J connectivity index is 1.90. The number of carbonyl (C=O) groups excluding carboxylic acids is 1. The number of aliphatic hydroxyl groups is 1. The molecular formula is C24H33N2O7PS2. The number of nitrogens with one attached hydrogen (secondary N) is 1. The fourth-order valence-electron chi connectivity index (χ4n) is 3.62. The molecule has 1 aliphatic rings. The van der Waals surface area contributed by atoms with Crippen molar-refractivity contribution in [2.24, 2.45) is 11.8 Å². The number of H-pyrrole nitrogens is 1. The van der Waals surface area contributed by atoms with Crippen LogP contribution in [-0.2, 0) is 23.4 Å². The summed E-state index contributed by atoms with van der Waals surface area (Å²) >= 11 is 10.6. The third-order valence-electron chi connectivity index (χ3n) is 5.55. The second-order valence-electron chi connectivity index (χ2n) is 9.07. The number of aliphatic hydroxyl groups excluding tert-OH is 1. The number of benzene rings is 1. The van der Waals surface area contributed by atoms with Crippen LogP contribution in [0.4, 0.5) is 0 Å². The molecule has 1 aromatic carbocycles. The Morgan fingerprint density at radius 2 is 1.97 bits per heavy atom. The first-order valence-corrected chi connectivity index (χ1v) is 14.1. The highest BCUT2D eigenvalue weighted by molar-refractivity contribution is 7.72. The van der Waals surface area contributed by atoms with Gasteiger partial charge in [-0.1, -0.05) is 44.3 Å². The summed E-state index contributed by atoms with van der Waals surface area (Å²) in [6.07, 6.45) is -2.96. The molecule has 198 valence electrons. The van der Waals surface area contributed by atoms with Crippen molar-refractivity contribution in [3.8, 4) is 5.75 Å². The fraction of sp³-hybridized carbons (Fsp3) is 0.542. The Kier molecular flexibility index (Phi) is 8.66. The zero-order valence-electron chi connectivity index (χ0n) is 22.7. The fourth-order valence-corrected chi connectivity index (χ4v) is 5.80. The monoisotopic (exact) mass is 558 g/mol. The summed E-state index contributed by atoms with van der Waals surface area (Å²) in [7, 11) is -4.34. The molecule has 3 rings (SSSR count). The Bertz CT molecular complexity index is 1300. The standard InChI is InChI=1S/C24H33N2O7PS2/c1-14(2)31-23(28)16(4)13-34(29,33-18-9-7-6-8-10-18)30-12-19-20(27)17(5)22(32-19)26-11-15(3)21(35)25-24(26)36/h6-11,14,16-17,19-20,22,27H,12-13H2,1-5H3,(H,25,35,36)/t16-,17-,19+,20?,22+,34+/m1/s1/i12D2. The molecule has 1 saturated heterocycles. The maximum atomic E-state index is 14.0. The molecule has 0 amide bonds. The first-order chi connectivity index (χ1) is 17.6. The van der Waals surface area contributed by atoms with Gasteiger partial charge in [-0.25, -0.2) is 4.57 Å². The van der Waals surface area contributed by atoms with Gasteiger partial charge in [-0.15, -0.1) is 0 Å². The number of hydrogen-bond acceptors (Lipinski definition) is 9. The van der Waals surface area contributed by atoms with Crippen LogP contribution < -0.4 is 4.52 Å². The topological polar surface area (TPSA) is 112 Å². The maximum absolute atomic E-state index is 14.0. The van der Waals surface area contributed by atoms with Crippen LogP contribution in [0.25, 0.3) is 0 Å². The van der Waals surface area contributed by atoms with Crippen molar-refractivity contribution in [2.75, 3.05) is 12.7 Å². The second-order valence-corrected chi connectivity index (χ2v) is 11.8. The molecule has 2 aromatic rings. The van der Waals surface area contributed by atoms with Gasteiger partial charge in [0.05, 0.1) is 33.6 Å². The van der Waals surface area contributed by atoms with E-state index in [1.807, 2.05) is 0 Å². The highest BCUT2D eigenvalue weighted by Crippen LogP contribution is 2.51. The zero-order valence-corrected chi connectivity index (χ0v) is 23.3. The van der Waals surface area contributed by atoms with Gasteiger partial charge < -0.3 is 24.1 Å². The maximum Gasteiger partial charge on any atom is 0.380 e. The smallest absolute Gasteiger partial charge is 0.380 e. The molecule has 1 unspecified atom stereocenters. The third kappa shape index (κ3) is 7.12. The van der Waals surface area contributed by atoms with Crippen LogP contribution in [0.1, 0.15) is 42.2 Å². The van der Waals surface area contributed by atoms with Crippen LogP contribution in [0.15, 0.2) is 36.5 Å². The van der Waals surface area contributed by atoms with Crippen molar-refractivity contribution in [3.63, 3.8) is 0 Å². The minimum Gasteiger partial charge on any atom is -0.463 e. The number of nitrogens with zero attached hydrogens (tertiary/aromatic N) is 1. The number of esters is 1. The molecule has 1 fully saturated rings. The van der Waals surface area contributed by atoms with Gasteiger partial charge in [0.25, 0.3) is 0 Å². The molecule has 2 heterocycles. The molecular weight excluding hydrogens is 523 g/mol. The summed E-state index contributed by atoms with van der Waals surface area (Å²) in [5.41, 5.74) is 0.713. The molecule has 0 spiro atoms. The van der Waals surface area contributed by atoms with E-state index in [1.165, 1.54) is 19.1 Å². The molecule has 9 nitrogen and oxygen atoms in total. The summed E-state index contributed by atoms with van der Waals surface area (Å²) in [4.78, 5) is 15.3. The van der Waals surface area contributed by atoms with E-state index in [0.717, 1.165) is 0 Å². The van der Waals surface area contributed by atoms with Crippen LogP contribution in [0.3, 0.4) is 0 Å². The SMILES string of the molecule is [2H]C([2H])(O[P@@](=O)(C[C@@H](C)C(=O)OC(C)C)Oc1ccccc1)[C@@H]1O[C@H](n2cc(C)c(=S)[nH]c2=S)[C@H](C)C1O. The molecule has 0 aliphatic carbocycles. The lowest BCUT2D eigenvalue weighted by molar-refractivity contribution is -0.151. The van der Waals surface area contributed by atoms with E-state index in [0.29, 0.717) is 10.2 Å². The van der Waals surface area contributed by atoms with Crippen molar-refractivity contribution in [3.05, 3.63) is 51.5 Å². The lowest BCUT2D eigenvalue weighted by Crippen LogP contribution is -2.30. The van der Waals surface area contributed by atoms with E-state index >= 15 is 0 Å². The Labute approximate surface area is 224 Å². The van der Waals surface area contributed by atoms with Crippen LogP contribution in [0, 0.1) is 28.2 Å². The zero-order chi connectivity index (χ0) is 28.4. The molecule has 0 bridgehead atoms. The van der Waals surface area contributed by atoms with E-state index in [4.69, 9.17) is 45.7 Å². The Hall–Kier alpha value is -1.88. The molecule has 0 radical (unpaired) electrons. The van der Waals surface area contributed by atoms with Gasteiger partial charge in [-0.2, -0.15) is 0 Å². The van der Waals surface area contributed by atoms with Gasteiger partial charge in [0.15, 0.2) is 4.77 Å². The van der Waals surface area contributed by atoms with Gasteiger partial charge in [0, 0.05) is 17.7 Å². The summed E-state index contributed by atoms with van der Waals surface area (Å²) in [6.45, 7) is 5.53. The van der Waals surface area contributed by atoms with Crippen molar-refractivity contribution in [1.29, 1.82) is 0 Å². The average molecular weight is 559 g/mol. The number of hydrogen-bond donors (Lipinski definition) is 2. The number of carbonyl (C=O) groups is 1. The van der Waals surface area contributed by atoms with Crippen LogP contribution in [0.2, 0.25) is 0 Å². The first kappa shape index (κ1) is 25.8. The van der Waals surface area contributed by atoms with Crippen molar-refractivity contribution in [2.45, 2.75) is 59.2 Å². The van der Waals surface area contributed by atoms with E-state index < -0.39 is 62.7 Å². The molecule has 36 heavy (non-hydrogen) atoms. The predicted molar refractivity (Wildman–Crippen MR) is 140 cm³/mol. The summed E-state index contributed by atoms with van der Waals surface area (Å²) in [5.74, 6) is -2.02. The van der Waals surface area contributed by atoms with Gasteiger partial charge in [0.2, 0.25) is 0 Å². The molecule has 2 N–H and O–H groups in total. The largest absolute Gasteiger partial charge is 0.463 e. The number of aromatic amines is 1. The Morgan fingerprint density at radius 1 is 1.31 bits per heavy atom.